The van der Waals surface area contributed by atoms with Crippen molar-refractivity contribution in [3.05, 3.63) is 58.1 Å². The molecule has 0 aliphatic rings. The van der Waals surface area contributed by atoms with Crippen LogP contribution in [0.25, 0.3) is 0 Å². The Kier molecular flexibility index (Phi) is 4.45. The highest BCUT2D eigenvalue weighted by Gasteiger charge is 2.13. The number of halogens is 1. The van der Waals surface area contributed by atoms with Crippen molar-refractivity contribution in [1.82, 2.24) is 0 Å². The number of anilines is 2. The van der Waals surface area contributed by atoms with E-state index in [9.17, 15) is 4.79 Å². The van der Waals surface area contributed by atoms with Gasteiger partial charge in [-0.1, -0.05) is 32.0 Å². The maximum absolute atomic E-state index is 12.4. The van der Waals surface area contributed by atoms with Gasteiger partial charge in [-0.2, -0.15) is 0 Å². The number of carbonyl (C=O) groups excluding carboxylic acids is 1. The topological polar surface area (TPSA) is 55.1 Å². The van der Waals surface area contributed by atoms with Gasteiger partial charge in [0.15, 0.2) is 0 Å². The predicted octanol–water partition coefficient (Wildman–Crippen LogP) is 4.41. The molecular formula is C16H17BrN2O. The van der Waals surface area contributed by atoms with Crippen molar-refractivity contribution in [3.63, 3.8) is 0 Å². The van der Waals surface area contributed by atoms with Crippen LogP contribution in [0.1, 0.15) is 35.7 Å². The summed E-state index contributed by atoms with van der Waals surface area (Å²) in [6.45, 7) is 4.20. The third-order valence-electron chi connectivity index (χ3n) is 3.07. The lowest BCUT2D eigenvalue weighted by Crippen LogP contribution is -2.14. The summed E-state index contributed by atoms with van der Waals surface area (Å²) < 4.78 is 0.728. The van der Waals surface area contributed by atoms with Crippen molar-refractivity contribution >= 4 is 33.2 Å². The Balaban J connectivity index is 2.31. The van der Waals surface area contributed by atoms with Gasteiger partial charge in [0.2, 0.25) is 0 Å². The van der Waals surface area contributed by atoms with Crippen molar-refractivity contribution in [2.75, 3.05) is 11.1 Å². The zero-order valence-electron chi connectivity index (χ0n) is 11.5. The fourth-order valence-electron chi connectivity index (χ4n) is 2.02. The van der Waals surface area contributed by atoms with Crippen molar-refractivity contribution in [1.29, 1.82) is 0 Å². The van der Waals surface area contributed by atoms with Crippen molar-refractivity contribution < 1.29 is 4.79 Å². The quantitative estimate of drug-likeness (QED) is 0.818. The second-order valence-corrected chi connectivity index (χ2v) is 5.79. The fraction of sp³-hybridized carbons (Fsp3) is 0.188. The lowest BCUT2D eigenvalue weighted by Gasteiger charge is -2.14. The van der Waals surface area contributed by atoms with Crippen LogP contribution < -0.4 is 11.1 Å². The van der Waals surface area contributed by atoms with Gasteiger partial charge in [-0.25, -0.2) is 0 Å². The zero-order valence-corrected chi connectivity index (χ0v) is 13.1. The highest BCUT2D eigenvalue weighted by atomic mass is 79.9. The lowest BCUT2D eigenvalue weighted by atomic mass is 10.0. The molecule has 0 aliphatic carbocycles. The number of nitrogens with one attached hydrogen (secondary N) is 1. The largest absolute Gasteiger partial charge is 0.399 e. The first kappa shape index (κ1) is 14.6. The Morgan fingerprint density at radius 2 is 1.90 bits per heavy atom. The third kappa shape index (κ3) is 3.20. The van der Waals surface area contributed by atoms with Crippen molar-refractivity contribution in [3.8, 4) is 0 Å². The summed E-state index contributed by atoms with van der Waals surface area (Å²) in [5.41, 5.74) is 8.78. The molecule has 2 aromatic rings. The molecule has 0 radical (unpaired) electrons. The van der Waals surface area contributed by atoms with Crippen molar-refractivity contribution in [2.24, 2.45) is 0 Å². The van der Waals surface area contributed by atoms with Crippen LogP contribution in [0.3, 0.4) is 0 Å². The molecule has 4 heteroatoms. The van der Waals surface area contributed by atoms with E-state index in [1.165, 1.54) is 0 Å². The molecular weight excluding hydrogens is 316 g/mol. The molecule has 0 aliphatic heterocycles. The van der Waals surface area contributed by atoms with E-state index in [2.05, 4.69) is 35.1 Å². The van der Waals surface area contributed by atoms with Gasteiger partial charge in [0.1, 0.15) is 0 Å². The molecule has 0 heterocycles. The van der Waals surface area contributed by atoms with Crippen LogP contribution in [0.2, 0.25) is 0 Å². The molecule has 2 rings (SSSR count). The highest BCUT2D eigenvalue weighted by molar-refractivity contribution is 9.10. The monoisotopic (exact) mass is 332 g/mol. The van der Waals surface area contributed by atoms with Crippen molar-refractivity contribution in [2.45, 2.75) is 19.8 Å². The molecule has 0 atom stereocenters. The summed E-state index contributed by atoms with van der Waals surface area (Å²) in [6, 6.07) is 13.0. The van der Waals surface area contributed by atoms with E-state index >= 15 is 0 Å². The molecule has 20 heavy (non-hydrogen) atoms. The van der Waals surface area contributed by atoms with Crippen LogP contribution in [0.15, 0.2) is 46.9 Å². The van der Waals surface area contributed by atoms with Gasteiger partial charge in [0, 0.05) is 15.8 Å². The normalized spacial score (nSPS) is 10.6. The van der Waals surface area contributed by atoms with Gasteiger partial charge >= 0.3 is 0 Å². The molecule has 0 bridgehead atoms. The summed E-state index contributed by atoms with van der Waals surface area (Å²) in [5, 5.41) is 2.95. The number of nitrogen functional groups attached to an aromatic ring is 1. The number of hydrogen-bond acceptors (Lipinski definition) is 2. The number of nitrogens with two attached hydrogens (primary N) is 1. The highest BCUT2D eigenvalue weighted by Crippen LogP contribution is 2.26. The van der Waals surface area contributed by atoms with Gasteiger partial charge in [-0.3, -0.25) is 4.79 Å². The first-order valence-corrected chi connectivity index (χ1v) is 7.23. The minimum absolute atomic E-state index is 0.169. The van der Waals surface area contributed by atoms with Crippen LogP contribution in [0, 0.1) is 0 Å². The van der Waals surface area contributed by atoms with Gasteiger partial charge in [-0.05, 0) is 51.7 Å². The minimum Gasteiger partial charge on any atom is -0.399 e. The van der Waals surface area contributed by atoms with Gasteiger partial charge < -0.3 is 11.1 Å². The summed E-state index contributed by atoms with van der Waals surface area (Å²) in [6.07, 6.45) is 0. The fourth-order valence-corrected chi connectivity index (χ4v) is 2.45. The number of rotatable bonds is 3. The molecule has 0 saturated carbocycles. The maximum Gasteiger partial charge on any atom is 0.256 e. The Morgan fingerprint density at radius 3 is 2.60 bits per heavy atom. The third-order valence-corrected chi connectivity index (χ3v) is 3.76. The molecule has 104 valence electrons. The Hall–Kier alpha value is -1.81. The molecule has 0 aromatic heterocycles. The number of amides is 1. The first-order valence-electron chi connectivity index (χ1n) is 6.44. The molecule has 0 saturated heterocycles. The van der Waals surface area contributed by atoms with Gasteiger partial charge in [-0.15, -0.1) is 0 Å². The van der Waals surface area contributed by atoms with E-state index in [0.717, 1.165) is 15.7 Å². The van der Waals surface area contributed by atoms with E-state index in [0.29, 0.717) is 17.2 Å². The SMILES string of the molecule is CC(C)c1ccccc1NC(=O)c1cc(N)ccc1Br. The molecule has 2 aromatic carbocycles. The van der Waals surface area contributed by atoms with Gasteiger partial charge in [0.05, 0.1) is 5.56 Å². The molecule has 0 fully saturated rings. The Bertz CT molecular complexity index is 638. The second-order valence-electron chi connectivity index (χ2n) is 4.94. The molecule has 0 unspecified atom stereocenters. The predicted molar refractivity (Wildman–Crippen MR) is 87.0 cm³/mol. The molecule has 3 N–H and O–H groups in total. The van der Waals surface area contributed by atoms with E-state index < -0.39 is 0 Å². The van der Waals surface area contributed by atoms with E-state index in [1.807, 2.05) is 24.3 Å². The number of hydrogen-bond donors (Lipinski definition) is 2. The summed E-state index contributed by atoms with van der Waals surface area (Å²) in [4.78, 5) is 12.4. The summed E-state index contributed by atoms with van der Waals surface area (Å²) in [5.74, 6) is 0.174. The van der Waals surface area contributed by atoms with Gasteiger partial charge in [0.25, 0.3) is 5.91 Å². The molecule has 0 spiro atoms. The van der Waals surface area contributed by atoms with Crippen LogP contribution >= 0.6 is 15.9 Å². The maximum atomic E-state index is 12.4. The number of benzene rings is 2. The average Bonchev–Trinajstić information content (AvgIpc) is 2.41. The smallest absolute Gasteiger partial charge is 0.256 e. The standard InChI is InChI=1S/C16H17BrN2O/c1-10(2)12-5-3-4-6-15(12)19-16(20)13-9-11(18)7-8-14(13)17/h3-10H,18H2,1-2H3,(H,19,20). The van der Waals surface area contributed by atoms with Crippen LogP contribution in [-0.2, 0) is 0 Å². The van der Waals surface area contributed by atoms with E-state index in [-0.39, 0.29) is 5.91 Å². The Labute approximate surface area is 127 Å². The summed E-state index contributed by atoms with van der Waals surface area (Å²) in [7, 11) is 0. The number of carbonyl (C=O) groups is 1. The molecule has 3 nitrogen and oxygen atoms in total. The summed E-state index contributed by atoms with van der Waals surface area (Å²) >= 11 is 3.38. The molecule has 1 amide bonds. The Morgan fingerprint density at radius 1 is 1.20 bits per heavy atom. The number of para-hydroxylation sites is 1. The average molecular weight is 333 g/mol. The van der Waals surface area contributed by atoms with Crippen LogP contribution in [-0.4, -0.2) is 5.91 Å². The first-order chi connectivity index (χ1) is 9.49. The minimum atomic E-state index is -0.169. The second kappa shape index (κ2) is 6.09. The van der Waals surface area contributed by atoms with Crippen LogP contribution in [0.5, 0.6) is 0 Å². The van der Waals surface area contributed by atoms with E-state index in [1.54, 1.807) is 18.2 Å². The van der Waals surface area contributed by atoms with E-state index in [4.69, 9.17) is 5.73 Å². The lowest BCUT2D eigenvalue weighted by molar-refractivity contribution is 0.102. The van der Waals surface area contributed by atoms with Crippen LogP contribution in [0.4, 0.5) is 11.4 Å². The zero-order chi connectivity index (χ0) is 14.7.